The first-order valence-corrected chi connectivity index (χ1v) is 7.92. The lowest BCUT2D eigenvalue weighted by Crippen LogP contribution is -2.54. The van der Waals surface area contributed by atoms with Crippen molar-refractivity contribution >= 4 is 0 Å². The predicted molar refractivity (Wildman–Crippen MR) is 73.2 cm³/mol. The number of ether oxygens (including phenoxy) is 2. The molecule has 1 N–H and O–H groups in total. The largest absolute Gasteiger partial charge is 0.394 e. The van der Waals surface area contributed by atoms with Gasteiger partial charge in [0.15, 0.2) is 0 Å². The van der Waals surface area contributed by atoms with E-state index >= 15 is 0 Å². The van der Waals surface area contributed by atoms with Crippen LogP contribution in [0.25, 0.3) is 0 Å². The zero-order valence-corrected chi connectivity index (χ0v) is 11.9. The number of aliphatic hydroxyl groups excluding tert-OH is 1. The highest BCUT2D eigenvalue weighted by Crippen LogP contribution is 2.43. The van der Waals surface area contributed by atoms with Crippen molar-refractivity contribution in [1.29, 1.82) is 0 Å². The number of piperidine rings is 1. The number of hydrogen-bond acceptors (Lipinski definition) is 4. The first kappa shape index (κ1) is 13.8. The fourth-order valence-electron chi connectivity index (χ4n) is 3.86. The van der Waals surface area contributed by atoms with Crippen molar-refractivity contribution in [2.75, 3.05) is 32.9 Å². The highest BCUT2D eigenvalue weighted by Gasteiger charge is 2.44. The number of rotatable bonds is 4. The summed E-state index contributed by atoms with van der Waals surface area (Å²) in [7, 11) is 0. The van der Waals surface area contributed by atoms with Gasteiger partial charge in [-0.25, -0.2) is 0 Å². The van der Waals surface area contributed by atoms with E-state index in [9.17, 15) is 0 Å². The van der Waals surface area contributed by atoms with Crippen LogP contribution in [0.2, 0.25) is 0 Å². The normalized spacial score (nSPS) is 32.4. The Morgan fingerprint density at radius 2 is 2.00 bits per heavy atom. The van der Waals surface area contributed by atoms with Crippen LogP contribution >= 0.6 is 0 Å². The van der Waals surface area contributed by atoms with E-state index < -0.39 is 0 Å². The molecule has 2 heterocycles. The third-order valence-corrected chi connectivity index (χ3v) is 5.17. The Morgan fingerprint density at radius 3 is 2.63 bits per heavy atom. The van der Waals surface area contributed by atoms with Gasteiger partial charge in [-0.3, -0.25) is 4.90 Å². The molecule has 3 rings (SSSR count). The standard InChI is InChI=1S/C15H27NO3/c17-9-11-18-14-2-7-16(8-3-14)13-4-10-19-15(12-13)5-1-6-15/h13-14,17H,1-12H2. The van der Waals surface area contributed by atoms with Gasteiger partial charge >= 0.3 is 0 Å². The van der Waals surface area contributed by atoms with Gasteiger partial charge in [-0.1, -0.05) is 0 Å². The van der Waals surface area contributed by atoms with Crippen LogP contribution < -0.4 is 0 Å². The van der Waals surface area contributed by atoms with Crippen LogP contribution in [0.4, 0.5) is 0 Å². The molecule has 1 spiro atoms. The maximum Gasteiger partial charge on any atom is 0.0701 e. The zero-order valence-electron chi connectivity index (χ0n) is 11.9. The van der Waals surface area contributed by atoms with E-state index in [0.717, 1.165) is 38.6 Å². The van der Waals surface area contributed by atoms with Crippen LogP contribution in [0, 0.1) is 0 Å². The van der Waals surface area contributed by atoms with Gasteiger partial charge in [0.25, 0.3) is 0 Å². The van der Waals surface area contributed by atoms with Gasteiger partial charge in [-0.2, -0.15) is 0 Å². The summed E-state index contributed by atoms with van der Waals surface area (Å²) < 4.78 is 11.7. The van der Waals surface area contributed by atoms with Crippen LogP contribution in [0.1, 0.15) is 44.9 Å². The lowest BCUT2D eigenvalue weighted by atomic mass is 9.73. The Labute approximate surface area is 116 Å². The summed E-state index contributed by atoms with van der Waals surface area (Å²) in [4.78, 5) is 2.65. The molecule has 1 atom stereocenters. The average Bonchev–Trinajstić information content (AvgIpc) is 2.44. The summed E-state index contributed by atoms with van der Waals surface area (Å²) in [6, 6.07) is 0.729. The van der Waals surface area contributed by atoms with Crippen molar-refractivity contribution in [3.8, 4) is 0 Å². The Kier molecular flexibility index (Phi) is 4.42. The smallest absolute Gasteiger partial charge is 0.0701 e. The molecule has 19 heavy (non-hydrogen) atoms. The van der Waals surface area contributed by atoms with E-state index in [1.54, 1.807) is 0 Å². The maximum atomic E-state index is 8.79. The minimum absolute atomic E-state index is 0.142. The third kappa shape index (κ3) is 3.13. The van der Waals surface area contributed by atoms with E-state index in [-0.39, 0.29) is 12.2 Å². The van der Waals surface area contributed by atoms with E-state index in [4.69, 9.17) is 14.6 Å². The molecule has 2 saturated heterocycles. The van der Waals surface area contributed by atoms with Crippen molar-refractivity contribution in [2.45, 2.75) is 62.7 Å². The molecule has 1 aliphatic carbocycles. The van der Waals surface area contributed by atoms with Gasteiger partial charge in [0.05, 0.1) is 24.9 Å². The molecular formula is C15H27NO3. The third-order valence-electron chi connectivity index (χ3n) is 5.17. The number of hydrogen-bond donors (Lipinski definition) is 1. The van der Waals surface area contributed by atoms with Gasteiger partial charge in [0.2, 0.25) is 0 Å². The molecule has 3 aliphatic rings. The molecule has 4 nitrogen and oxygen atoms in total. The summed E-state index contributed by atoms with van der Waals surface area (Å²) in [5.74, 6) is 0. The Morgan fingerprint density at radius 1 is 1.21 bits per heavy atom. The van der Waals surface area contributed by atoms with Gasteiger partial charge in [-0.15, -0.1) is 0 Å². The first-order valence-electron chi connectivity index (χ1n) is 7.92. The average molecular weight is 269 g/mol. The highest BCUT2D eigenvalue weighted by molar-refractivity contribution is 4.97. The van der Waals surface area contributed by atoms with Gasteiger partial charge < -0.3 is 14.6 Å². The van der Waals surface area contributed by atoms with Crippen molar-refractivity contribution in [3.05, 3.63) is 0 Å². The van der Waals surface area contributed by atoms with Gasteiger partial charge in [0, 0.05) is 25.7 Å². The molecule has 0 radical (unpaired) electrons. The zero-order chi connectivity index (χ0) is 13.1. The summed E-state index contributed by atoms with van der Waals surface area (Å²) >= 11 is 0. The second-order valence-corrected chi connectivity index (χ2v) is 6.36. The molecule has 0 aromatic carbocycles. The SMILES string of the molecule is OCCOC1CCN(C2CCOC3(CCC3)C2)CC1. The van der Waals surface area contributed by atoms with Crippen molar-refractivity contribution in [3.63, 3.8) is 0 Å². The topological polar surface area (TPSA) is 41.9 Å². The molecule has 0 aromatic heterocycles. The second-order valence-electron chi connectivity index (χ2n) is 6.36. The highest BCUT2D eigenvalue weighted by atomic mass is 16.5. The van der Waals surface area contributed by atoms with Crippen LogP contribution in [0.3, 0.4) is 0 Å². The van der Waals surface area contributed by atoms with Crippen LogP contribution in [0.5, 0.6) is 0 Å². The molecule has 0 aromatic rings. The van der Waals surface area contributed by atoms with E-state index in [0.29, 0.717) is 12.7 Å². The lowest BCUT2D eigenvalue weighted by Gasteiger charge is -2.50. The monoisotopic (exact) mass is 269 g/mol. The van der Waals surface area contributed by atoms with Crippen LogP contribution in [0.15, 0.2) is 0 Å². The molecule has 3 fully saturated rings. The molecule has 2 aliphatic heterocycles. The van der Waals surface area contributed by atoms with Gasteiger partial charge in [-0.05, 0) is 44.9 Å². The van der Waals surface area contributed by atoms with Crippen LogP contribution in [-0.4, -0.2) is 60.7 Å². The fraction of sp³-hybridized carbons (Fsp3) is 1.00. The minimum Gasteiger partial charge on any atom is -0.394 e. The second kappa shape index (κ2) is 6.08. The number of nitrogens with zero attached hydrogens (tertiary/aromatic N) is 1. The Balaban J connectivity index is 1.45. The first-order chi connectivity index (χ1) is 9.31. The molecular weight excluding hydrogens is 242 g/mol. The molecule has 0 amide bonds. The predicted octanol–water partition coefficient (Wildman–Crippen LogP) is 1.56. The van der Waals surface area contributed by atoms with Crippen molar-refractivity contribution in [2.24, 2.45) is 0 Å². The molecule has 110 valence electrons. The molecule has 1 saturated carbocycles. The minimum atomic E-state index is 0.142. The Bertz CT molecular complexity index is 285. The van der Waals surface area contributed by atoms with Crippen molar-refractivity contribution < 1.29 is 14.6 Å². The summed E-state index contributed by atoms with van der Waals surface area (Å²) in [5, 5.41) is 8.79. The van der Waals surface area contributed by atoms with E-state index in [1.165, 1.54) is 32.1 Å². The number of aliphatic hydroxyl groups is 1. The van der Waals surface area contributed by atoms with Crippen LogP contribution in [-0.2, 0) is 9.47 Å². The van der Waals surface area contributed by atoms with E-state index in [1.807, 2.05) is 0 Å². The molecule has 4 heteroatoms. The summed E-state index contributed by atoms with van der Waals surface area (Å²) in [6.45, 7) is 3.88. The summed E-state index contributed by atoms with van der Waals surface area (Å²) in [6.07, 6.45) is 8.94. The molecule has 1 unspecified atom stereocenters. The molecule has 0 bridgehead atoms. The summed E-state index contributed by atoms with van der Waals surface area (Å²) in [5.41, 5.74) is 0.257. The Hall–Kier alpha value is -0.160. The number of likely N-dealkylation sites (tertiary alicyclic amines) is 1. The van der Waals surface area contributed by atoms with Crippen molar-refractivity contribution in [1.82, 2.24) is 4.90 Å². The quantitative estimate of drug-likeness (QED) is 0.841. The van der Waals surface area contributed by atoms with Gasteiger partial charge in [0.1, 0.15) is 0 Å². The maximum absolute atomic E-state index is 8.79. The lowest BCUT2D eigenvalue weighted by molar-refractivity contribution is -0.152. The van der Waals surface area contributed by atoms with E-state index in [2.05, 4.69) is 4.90 Å². The fourth-order valence-corrected chi connectivity index (χ4v) is 3.86.